The van der Waals surface area contributed by atoms with E-state index in [0.717, 1.165) is 27.6 Å². The van der Waals surface area contributed by atoms with E-state index >= 15 is 0 Å². The SMILES string of the molecule is CCCOc1ccc(C2c3c(oc4ccc(Br)cc4c3=O)C(=O)N2Cc2ccc(C)cc2)cc1OCC. The Bertz CT molecular complexity index is 1530. The van der Waals surface area contributed by atoms with Crippen LogP contribution in [0, 0.1) is 6.92 Å². The Kier molecular flexibility index (Phi) is 7.07. The number of carbonyl (C=O) groups excluding carboxylic acids is 1. The third-order valence-electron chi connectivity index (χ3n) is 6.45. The van der Waals surface area contributed by atoms with Crippen molar-refractivity contribution in [2.45, 2.75) is 39.8 Å². The summed E-state index contributed by atoms with van der Waals surface area (Å²) in [5, 5.41) is 0.427. The molecule has 37 heavy (non-hydrogen) atoms. The molecule has 190 valence electrons. The third kappa shape index (κ3) is 4.76. The number of rotatable bonds is 8. The predicted octanol–water partition coefficient (Wildman–Crippen LogP) is 6.80. The minimum atomic E-state index is -0.636. The second kappa shape index (κ2) is 10.4. The average Bonchev–Trinajstić information content (AvgIpc) is 3.16. The molecule has 4 aromatic rings. The van der Waals surface area contributed by atoms with Gasteiger partial charge in [0.15, 0.2) is 16.9 Å². The van der Waals surface area contributed by atoms with Gasteiger partial charge in [0.2, 0.25) is 5.76 Å². The lowest BCUT2D eigenvalue weighted by atomic mass is 9.97. The Morgan fingerprint density at radius 3 is 2.46 bits per heavy atom. The van der Waals surface area contributed by atoms with E-state index in [9.17, 15) is 9.59 Å². The standard InChI is InChI=1S/C30H28BrNO5/c1-4-14-36-24-12-10-20(15-25(24)35-5-2)27-26-28(33)22-16-21(31)11-13-23(22)37-29(26)30(34)32(27)17-19-8-6-18(3)7-9-19/h6-13,15-16,27H,4-5,14,17H2,1-3H3. The van der Waals surface area contributed by atoms with Crippen LogP contribution < -0.4 is 14.9 Å². The van der Waals surface area contributed by atoms with Crippen molar-refractivity contribution in [1.29, 1.82) is 0 Å². The first kappa shape index (κ1) is 25.1. The van der Waals surface area contributed by atoms with E-state index in [0.29, 0.717) is 47.8 Å². The number of hydrogen-bond donors (Lipinski definition) is 0. The summed E-state index contributed by atoms with van der Waals surface area (Å²) < 4.78 is 18.6. The molecule has 2 heterocycles. The lowest BCUT2D eigenvalue weighted by Crippen LogP contribution is -2.29. The Labute approximate surface area is 223 Å². The topological polar surface area (TPSA) is 69.0 Å². The van der Waals surface area contributed by atoms with E-state index in [-0.39, 0.29) is 17.1 Å². The Morgan fingerprint density at radius 1 is 0.946 bits per heavy atom. The molecule has 5 rings (SSSR count). The number of amides is 1. The number of fused-ring (bicyclic) bond motifs is 2. The smallest absolute Gasteiger partial charge is 0.291 e. The summed E-state index contributed by atoms with van der Waals surface area (Å²) in [4.78, 5) is 29.3. The summed E-state index contributed by atoms with van der Waals surface area (Å²) in [7, 11) is 0. The van der Waals surface area contributed by atoms with E-state index in [1.165, 1.54) is 0 Å². The Hall–Kier alpha value is -3.58. The Balaban J connectivity index is 1.69. The van der Waals surface area contributed by atoms with Gasteiger partial charge < -0.3 is 18.8 Å². The molecule has 1 aliphatic rings. The molecule has 3 aromatic carbocycles. The fourth-order valence-corrected chi connectivity index (χ4v) is 5.05. The molecule has 1 amide bonds. The number of ether oxygens (including phenoxy) is 2. The van der Waals surface area contributed by atoms with Gasteiger partial charge in [-0.1, -0.05) is 58.7 Å². The van der Waals surface area contributed by atoms with Gasteiger partial charge in [0.25, 0.3) is 5.91 Å². The zero-order chi connectivity index (χ0) is 26.1. The van der Waals surface area contributed by atoms with Gasteiger partial charge in [0.05, 0.1) is 30.2 Å². The van der Waals surface area contributed by atoms with Gasteiger partial charge in [-0.05, 0) is 61.7 Å². The molecule has 7 heteroatoms. The molecule has 0 spiro atoms. The van der Waals surface area contributed by atoms with Gasteiger partial charge in [0.1, 0.15) is 5.58 Å². The summed E-state index contributed by atoms with van der Waals surface area (Å²) >= 11 is 3.45. The number of hydrogen-bond acceptors (Lipinski definition) is 5. The quantitative estimate of drug-likeness (QED) is 0.236. The van der Waals surface area contributed by atoms with Gasteiger partial charge in [-0.2, -0.15) is 0 Å². The number of aryl methyl sites for hydroxylation is 1. The second-order valence-corrected chi connectivity index (χ2v) is 10.0. The Morgan fingerprint density at radius 2 is 1.73 bits per heavy atom. The lowest BCUT2D eigenvalue weighted by Gasteiger charge is -2.26. The molecule has 0 saturated carbocycles. The van der Waals surface area contributed by atoms with E-state index in [2.05, 4.69) is 15.9 Å². The van der Waals surface area contributed by atoms with Crippen LogP contribution in [0.15, 0.2) is 74.3 Å². The van der Waals surface area contributed by atoms with Gasteiger partial charge >= 0.3 is 0 Å². The van der Waals surface area contributed by atoms with Crippen molar-refractivity contribution in [3.8, 4) is 11.5 Å². The molecule has 1 atom stereocenters. The van der Waals surface area contributed by atoms with Crippen molar-refractivity contribution in [2.24, 2.45) is 0 Å². The number of benzene rings is 3. The van der Waals surface area contributed by atoms with Crippen molar-refractivity contribution >= 4 is 32.8 Å². The zero-order valence-corrected chi connectivity index (χ0v) is 22.6. The summed E-state index contributed by atoms with van der Waals surface area (Å²) in [5.74, 6) is 0.988. The molecule has 0 N–H and O–H groups in total. The summed E-state index contributed by atoms with van der Waals surface area (Å²) in [5.41, 5.74) is 3.36. The molecular formula is C30H28BrNO5. The highest BCUT2D eigenvalue weighted by atomic mass is 79.9. The maximum Gasteiger partial charge on any atom is 0.291 e. The lowest BCUT2D eigenvalue weighted by molar-refractivity contribution is 0.0714. The minimum Gasteiger partial charge on any atom is -0.490 e. The highest BCUT2D eigenvalue weighted by Crippen LogP contribution is 2.42. The summed E-state index contributed by atoms with van der Waals surface area (Å²) in [6, 6.07) is 18.2. The maximum atomic E-state index is 13.8. The maximum absolute atomic E-state index is 13.8. The van der Waals surface area contributed by atoms with Crippen LogP contribution in [0.1, 0.15) is 59.1 Å². The molecule has 1 aliphatic heterocycles. The van der Waals surface area contributed by atoms with Crippen molar-refractivity contribution < 1.29 is 18.7 Å². The second-order valence-electron chi connectivity index (χ2n) is 9.12. The molecule has 1 unspecified atom stereocenters. The fourth-order valence-electron chi connectivity index (χ4n) is 4.69. The van der Waals surface area contributed by atoms with Crippen LogP contribution >= 0.6 is 15.9 Å². The highest BCUT2D eigenvalue weighted by molar-refractivity contribution is 9.10. The van der Waals surface area contributed by atoms with Crippen molar-refractivity contribution in [1.82, 2.24) is 4.90 Å². The van der Waals surface area contributed by atoms with E-state index in [4.69, 9.17) is 13.9 Å². The monoisotopic (exact) mass is 561 g/mol. The summed E-state index contributed by atoms with van der Waals surface area (Å²) in [6.07, 6.45) is 0.867. The van der Waals surface area contributed by atoms with Crippen molar-refractivity contribution in [3.05, 3.63) is 103 Å². The average molecular weight is 562 g/mol. The summed E-state index contributed by atoms with van der Waals surface area (Å²) in [6.45, 7) is 7.32. The molecule has 6 nitrogen and oxygen atoms in total. The first-order valence-electron chi connectivity index (χ1n) is 12.4. The van der Waals surface area contributed by atoms with Crippen LogP contribution in [0.5, 0.6) is 11.5 Å². The zero-order valence-electron chi connectivity index (χ0n) is 21.0. The van der Waals surface area contributed by atoms with Gasteiger partial charge in [0, 0.05) is 11.0 Å². The fraction of sp³-hybridized carbons (Fsp3) is 0.267. The number of halogens is 1. The van der Waals surface area contributed by atoms with Crippen LogP contribution in [0.25, 0.3) is 11.0 Å². The highest BCUT2D eigenvalue weighted by Gasteiger charge is 2.43. The van der Waals surface area contributed by atoms with E-state index in [1.807, 2.05) is 63.2 Å². The molecule has 0 radical (unpaired) electrons. The van der Waals surface area contributed by atoms with Crippen molar-refractivity contribution in [2.75, 3.05) is 13.2 Å². The number of carbonyl (C=O) groups is 1. The van der Waals surface area contributed by atoms with Crippen molar-refractivity contribution in [3.63, 3.8) is 0 Å². The van der Waals surface area contributed by atoms with E-state index in [1.54, 1.807) is 23.1 Å². The van der Waals surface area contributed by atoms with Gasteiger partial charge in [-0.3, -0.25) is 9.59 Å². The van der Waals surface area contributed by atoms with Gasteiger partial charge in [-0.25, -0.2) is 0 Å². The minimum absolute atomic E-state index is 0.0844. The first-order valence-corrected chi connectivity index (χ1v) is 13.2. The molecular weight excluding hydrogens is 534 g/mol. The van der Waals surface area contributed by atoms with Gasteiger partial charge in [-0.15, -0.1) is 0 Å². The third-order valence-corrected chi connectivity index (χ3v) is 6.94. The molecule has 1 aromatic heterocycles. The molecule has 0 fully saturated rings. The molecule has 0 aliphatic carbocycles. The predicted molar refractivity (Wildman–Crippen MR) is 146 cm³/mol. The van der Waals surface area contributed by atoms with Crippen LogP contribution in [0.2, 0.25) is 0 Å². The van der Waals surface area contributed by atoms with Crippen LogP contribution in [-0.2, 0) is 6.54 Å². The van der Waals surface area contributed by atoms with Crippen LogP contribution in [-0.4, -0.2) is 24.0 Å². The number of nitrogens with zero attached hydrogens (tertiary/aromatic N) is 1. The normalized spacial score (nSPS) is 14.8. The first-order chi connectivity index (χ1) is 17.9. The largest absolute Gasteiger partial charge is 0.490 e. The van der Waals surface area contributed by atoms with Crippen LogP contribution in [0.4, 0.5) is 0 Å². The van der Waals surface area contributed by atoms with E-state index < -0.39 is 6.04 Å². The molecule has 0 bridgehead atoms. The molecule has 0 saturated heterocycles. The van der Waals surface area contributed by atoms with Crippen LogP contribution in [0.3, 0.4) is 0 Å².